The van der Waals surface area contributed by atoms with Crippen molar-refractivity contribution in [2.75, 3.05) is 6.54 Å². The van der Waals surface area contributed by atoms with E-state index in [0.717, 1.165) is 4.88 Å². The smallest absolute Gasteiger partial charge is 0.257 e. The predicted octanol–water partition coefficient (Wildman–Crippen LogP) is 4.71. The van der Waals surface area contributed by atoms with Crippen LogP contribution in [-0.2, 0) is 16.6 Å². The standard InChI is InChI=1S/C16H15Cl2N3O3S2/c1-2-7-21(26(22,23)11-5-6-12(17)13(18)9-11)10-15-19-20-16(24-15)14-4-3-8-25-14/h3-6,8-9H,2,7,10H2,1H3. The van der Waals surface area contributed by atoms with E-state index in [9.17, 15) is 8.42 Å². The van der Waals surface area contributed by atoms with Gasteiger partial charge in [0.2, 0.25) is 15.9 Å². The topological polar surface area (TPSA) is 76.3 Å². The summed E-state index contributed by atoms with van der Waals surface area (Å²) in [6, 6.07) is 7.96. The Kier molecular flexibility index (Phi) is 5.99. The zero-order valence-electron chi connectivity index (χ0n) is 13.7. The molecule has 138 valence electrons. The van der Waals surface area contributed by atoms with Crippen LogP contribution in [0.4, 0.5) is 0 Å². The number of sulfonamides is 1. The Labute approximate surface area is 165 Å². The molecule has 0 saturated carbocycles. The van der Waals surface area contributed by atoms with Crippen LogP contribution in [0.15, 0.2) is 45.0 Å². The van der Waals surface area contributed by atoms with Crippen LogP contribution in [0.3, 0.4) is 0 Å². The summed E-state index contributed by atoms with van der Waals surface area (Å²) in [5, 5.41) is 10.3. The third-order valence-electron chi connectivity index (χ3n) is 3.51. The van der Waals surface area contributed by atoms with Crippen LogP contribution in [0.5, 0.6) is 0 Å². The third-order valence-corrected chi connectivity index (χ3v) is 6.95. The summed E-state index contributed by atoms with van der Waals surface area (Å²) < 4.78 is 32.8. The molecule has 6 nitrogen and oxygen atoms in total. The molecule has 0 atom stereocenters. The van der Waals surface area contributed by atoms with E-state index in [1.54, 1.807) is 0 Å². The van der Waals surface area contributed by atoms with Crippen LogP contribution in [-0.4, -0.2) is 29.5 Å². The Balaban J connectivity index is 1.87. The highest BCUT2D eigenvalue weighted by Crippen LogP contribution is 2.28. The second-order valence-corrected chi connectivity index (χ2v) is 9.09. The Bertz CT molecular complexity index is 988. The molecule has 2 aromatic heterocycles. The molecule has 0 fully saturated rings. The Hall–Kier alpha value is -1.45. The molecule has 10 heteroatoms. The summed E-state index contributed by atoms with van der Waals surface area (Å²) in [5.41, 5.74) is 0. The molecule has 0 amide bonds. The zero-order valence-corrected chi connectivity index (χ0v) is 16.9. The van der Waals surface area contributed by atoms with E-state index < -0.39 is 10.0 Å². The van der Waals surface area contributed by atoms with E-state index >= 15 is 0 Å². The van der Waals surface area contributed by atoms with Crippen molar-refractivity contribution in [3.8, 4) is 10.8 Å². The predicted molar refractivity (Wildman–Crippen MR) is 102 cm³/mol. The van der Waals surface area contributed by atoms with Gasteiger partial charge < -0.3 is 4.42 Å². The molecular weight excluding hydrogens is 417 g/mol. The van der Waals surface area contributed by atoms with Gasteiger partial charge in [-0.25, -0.2) is 8.42 Å². The van der Waals surface area contributed by atoms with Gasteiger partial charge in [-0.05, 0) is 36.1 Å². The zero-order chi connectivity index (χ0) is 18.7. The normalized spacial score (nSPS) is 12.0. The van der Waals surface area contributed by atoms with Crippen molar-refractivity contribution < 1.29 is 12.8 Å². The van der Waals surface area contributed by atoms with E-state index in [1.807, 2.05) is 24.4 Å². The van der Waals surface area contributed by atoms with Gasteiger partial charge in [0.1, 0.15) is 0 Å². The maximum Gasteiger partial charge on any atom is 0.257 e. The quantitative estimate of drug-likeness (QED) is 0.541. The van der Waals surface area contributed by atoms with Gasteiger partial charge in [-0.1, -0.05) is 36.2 Å². The molecule has 2 heterocycles. The summed E-state index contributed by atoms with van der Waals surface area (Å²) in [5.74, 6) is 0.601. The molecule has 3 rings (SSSR count). The fraction of sp³-hybridized carbons (Fsp3) is 0.250. The van der Waals surface area contributed by atoms with E-state index in [1.165, 1.54) is 33.8 Å². The fourth-order valence-corrected chi connectivity index (χ4v) is 4.80. The average Bonchev–Trinajstić information content (AvgIpc) is 3.28. The number of hydrogen-bond acceptors (Lipinski definition) is 6. The highest BCUT2D eigenvalue weighted by Gasteiger charge is 2.26. The van der Waals surface area contributed by atoms with E-state index in [-0.39, 0.29) is 22.4 Å². The third kappa shape index (κ3) is 4.10. The molecule has 0 bridgehead atoms. The molecule has 0 aliphatic rings. The average molecular weight is 432 g/mol. The molecule has 0 unspecified atom stereocenters. The summed E-state index contributed by atoms with van der Waals surface area (Å²) in [4.78, 5) is 0.900. The Morgan fingerprint density at radius 3 is 2.65 bits per heavy atom. The van der Waals surface area contributed by atoms with Gasteiger partial charge in [0.15, 0.2) is 0 Å². The lowest BCUT2D eigenvalue weighted by Gasteiger charge is -2.20. The summed E-state index contributed by atoms with van der Waals surface area (Å²) in [6.07, 6.45) is 0.631. The molecule has 26 heavy (non-hydrogen) atoms. The SMILES string of the molecule is CCCN(Cc1nnc(-c2cccs2)o1)S(=O)(=O)c1ccc(Cl)c(Cl)c1. The monoisotopic (exact) mass is 431 g/mol. The lowest BCUT2D eigenvalue weighted by atomic mass is 10.4. The lowest BCUT2D eigenvalue weighted by molar-refractivity contribution is 0.357. The number of aromatic nitrogens is 2. The van der Waals surface area contributed by atoms with Crippen LogP contribution in [0.25, 0.3) is 10.8 Å². The number of halogens is 2. The molecule has 0 aliphatic heterocycles. The first-order chi connectivity index (χ1) is 12.4. The van der Waals surface area contributed by atoms with Crippen LogP contribution >= 0.6 is 34.5 Å². The van der Waals surface area contributed by atoms with Crippen LogP contribution in [0.1, 0.15) is 19.2 Å². The van der Waals surface area contributed by atoms with E-state index in [0.29, 0.717) is 23.9 Å². The molecule has 0 N–H and O–H groups in total. The number of rotatable bonds is 7. The Morgan fingerprint density at radius 1 is 1.19 bits per heavy atom. The first-order valence-corrected chi connectivity index (χ1v) is 10.8. The van der Waals surface area contributed by atoms with Gasteiger partial charge >= 0.3 is 0 Å². The molecule has 0 aliphatic carbocycles. The van der Waals surface area contributed by atoms with Gasteiger partial charge in [0.25, 0.3) is 5.89 Å². The first-order valence-electron chi connectivity index (χ1n) is 7.73. The van der Waals surface area contributed by atoms with Crippen molar-refractivity contribution in [3.63, 3.8) is 0 Å². The summed E-state index contributed by atoms with van der Waals surface area (Å²) in [7, 11) is -3.78. The van der Waals surface area contributed by atoms with E-state index in [2.05, 4.69) is 10.2 Å². The highest BCUT2D eigenvalue weighted by atomic mass is 35.5. The molecule has 0 spiro atoms. The Morgan fingerprint density at radius 2 is 2.00 bits per heavy atom. The highest BCUT2D eigenvalue weighted by molar-refractivity contribution is 7.89. The van der Waals surface area contributed by atoms with Crippen molar-refractivity contribution in [2.45, 2.75) is 24.8 Å². The fourth-order valence-electron chi connectivity index (χ4n) is 2.29. The second kappa shape index (κ2) is 8.06. The minimum atomic E-state index is -3.78. The van der Waals surface area contributed by atoms with Gasteiger partial charge in [0, 0.05) is 6.54 Å². The summed E-state index contributed by atoms with van der Waals surface area (Å²) in [6.45, 7) is 2.18. The minimum absolute atomic E-state index is 0.0191. The number of nitrogens with zero attached hydrogens (tertiary/aromatic N) is 3. The van der Waals surface area contributed by atoms with Gasteiger partial charge in [0.05, 0.1) is 26.4 Å². The molecule has 3 aromatic rings. The maximum atomic E-state index is 13.0. The molecular formula is C16H15Cl2N3O3S2. The van der Waals surface area contributed by atoms with Crippen LogP contribution in [0, 0.1) is 0 Å². The van der Waals surface area contributed by atoms with Crippen molar-refractivity contribution in [2.24, 2.45) is 0 Å². The van der Waals surface area contributed by atoms with Crippen molar-refractivity contribution in [1.29, 1.82) is 0 Å². The van der Waals surface area contributed by atoms with Crippen molar-refractivity contribution >= 4 is 44.6 Å². The molecule has 0 saturated heterocycles. The van der Waals surface area contributed by atoms with Gasteiger partial charge in [-0.3, -0.25) is 0 Å². The number of thiophene rings is 1. The van der Waals surface area contributed by atoms with Crippen molar-refractivity contribution in [1.82, 2.24) is 14.5 Å². The maximum absolute atomic E-state index is 13.0. The molecule has 1 aromatic carbocycles. The molecule has 0 radical (unpaired) electrons. The number of benzene rings is 1. The summed E-state index contributed by atoms with van der Waals surface area (Å²) >= 11 is 13.3. The number of hydrogen-bond donors (Lipinski definition) is 0. The van der Waals surface area contributed by atoms with Crippen LogP contribution < -0.4 is 0 Å². The van der Waals surface area contributed by atoms with Gasteiger partial charge in [-0.2, -0.15) is 4.31 Å². The van der Waals surface area contributed by atoms with Gasteiger partial charge in [-0.15, -0.1) is 21.5 Å². The first kappa shape index (κ1) is 19.3. The van der Waals surface area contributed by atoms with Crippen LogP contribution in [0.2, 0.25) is 10.0 Å². The largest absolute Gasteiger partial charge is 0.418 e. The minimum Gasteiger partial charge on any atom is -0.418 e. The van der Waals surface area contributed by atoms with E-state index in [4.69, 9.17) is 27.6 Å². The van der Waals surface area contributed by atoms with Crippen molar-refractivity contribution in [3.05, 3.63) is 51.6 Å². The second-order valence-electron chi connectivity index (χ2n) is 5.39. The lowest BCUT2D eigenvalue weighted by Crippen LogP contribution is -2.31.